The van der Waals surface area contributed by atoms with E-state index in [9.17, 15) is 0 Å². The van der Waals surface area contributed by atoms with Gasteiger partial charge in [0.2, 0.25) is 0 Å². The van der Waals surface area contributed by atoms with Gasteiger partial charge in [-0.3, -0.25) is 0 Å². The van der Waals surface area contributed by atoms with Gasteiger partial charge in [-0.05, 0) is 48.9 Å². The molecule has 1 heterocycles. The Morgan fingerprint density at radius 1 is 1.00 bits per heavy atom. The summed E-state index contributed by atoms with van der Waals surface area (Å²) in [7, 11) is 0. The molecule has 86 valence electrons. The molecule has 0 saturated heterocycles. The Kier molecular flexibility index (Phi) is 2.83. The number of rotatable bonds is 2. The zero-order valence-corrected chi connectivity index (χ0v) is 9.67. The van der Waals surface area contributed by atoms with Gasteiger partial charge in [0.05, 0.1) is 6.10 Å². The van der Waals surface area contributed by atoms with E-state index in [2.05, 4.69) is 23.5 Å². The van der Waals surface area contributed by atoms with Crippen molar-refractivity contribution in [2.24, 2.45) is 0 Å². The molecule has 1 aliphatic heterocycles. The van der Waals surface area contributed by atoms with E-state index < -0.39 is 0 Å². The SMILES string of the molecule is c1cc2c(cc1OC1CCCCC1)CNC2. The van der Waals surface area contributed by atoms with Crippen molar-refractivity contribution in [1.29, 1.82) is 0 Å². The quantitative estimate of drug-likeness (QED) is 0.822. The number of hydrogen-bond donors (Lipinski definition) is 1. The highest BCUT2D eigenvalue weighted by Gasteiger charge is 2.16. The van der Waals surface area contributed by atoms with Crippen molar-refractivity contribution in [3.63, 3.8) is 0 Å². The fourth-order valence-electron chi connectivity index (χ4n) is 2.72. The fourth-order valence-corrected chi connectivity index (χ4v) is 2.72. The summed E-state index contributed by atoms with van der Waals surface area (Å²) in [5.74, 6) is 1.06. The largest absolute Gasteiger partial charge is 0.490 e. The Hall–Kier alpha value is -1.02. The van der Waals surface area contributed by atoms with Gasteiger partial charge in [-0.15, -0.1) is 0 Å². The smallest absolute Gasteiger partial charge is 0.120 e. The van der Waals surface area contributed by atoms with Crippen LogP contribution in [0, 0.1) is 0 Å². The summed E-state index contributed by atoms with van der Waals surface area (Å²) in [6.07, 6.45) is 6.97. The zero-order chi connectivity index (χ0) is 10.8. The topological polar surface area (TPSA) is 21.3 Å². The molecule has 0 bridgehead atoms. The van der Waals surface area contributed by atoms with Crippen molar-refractivity contribution in [1.82, 2.24) is 5.32 Å². The third-order valence-corrected chi connectivity index (χ3v) is 3.66. The van der Waals surface area contributed by atoms with Crippen molar-refractivity contribution in [3.05, 3.63) is 29.3 Å². The lowest BCUT2D eigenvalue weighted by atomic mass is 9.98. The predicted molar refractivity (Wildman–Crippen MR) is 64.5 cm³/mol. The Morgan fingerprint density at radius 3 is 2.69 bits per heavy atom. The standard InChI is InChI=1S/C14H19NO/c1-2-4-13(5-3-1)16-14-7-6-11-9-15-10-12(11)8-14/h6-8,13,15H,1-5,9-10H2. The molecule has 1 fully saturated rings. The first-order chi connectivity index (χ1) is 7.92. The highest BCUT2D eigenvalue weighted by molar-refractivity contribution is 5.37. The van der Waals surface area contributed by atoms with Gasteiger partial charge in [-0.2, -0.15) is 0 Å². The van der Waals surface area contributed by atoms with Crippen molar-refractivity contribution < 1.29 is 4.74 Å². The minimum atomic E-state index is 0.459. The third kappa shape index (κ3) is 2.07. The van der Waals surface area contributed by atoms with Gasteiger partial charge in [0.1, 0.15) is 5.75 Å². The summed E-state index contributed by atoms with van der Waals surface area (Å²) in [6, 6.07) is 6.54. The maximum absolute atomic E-state index is 6.05. The molecule has 2 nitrogen and oxygen atoms in total. The molecular weight excluding hydrogens is 198 g/mol. The van der Waals surface area contributed by atoms with Gasteiger partial charge in [0.15, 0.2) is 0 Å². The molecule has 0 amide bonds. The van der Waals surface area contributed by atoms with Gasteiger partial charge in [0, 0.05) is 13.1 Å². The van der Waals surface area contributed by atoms with E-state index in [1.165, 1.54) is 43.2 Å². The zero-order valence-electron chi connectivity index (χ0n) is 9.67. The van der Waals surface area contributed by atoms with E-state index in [-0.39, 0.29) is 0 Å². The minimum Gasteiger partial charge on any atom is -0.490 e. The van der Waals surface area contributed by atoms with Crippen LogP contribution in [0.25, 0.3) is 0 Å². The predicted octanol–water partition coefficient (Wildman–Crippen LogP) is 3.00. The monoisotopic (exact) mass is 217 g/mol. The van der Waals surface area contributed by atoms with Gasteiger partial charge in [-0.25, -0.2) is 0 Å². The fraction of sp³-hybridized carbons (Fsp3) is 0.571. The van der Waals surface area contributed by atoms with E-state index in [0.29, 0.717) is 6.10 Å². The van der Waals surface area contributed by atoms with Gasteiger partial charge >= 0.3 is 0 Å². The van der Waals surface area contributed by atoms with Crippen LogP contribution in [-0.4, -0.2) is 6.10 Å². The highest BCUT2D eigenvalue weighted by atomic mass is 16.5. The van der Waals surface area contributed by atoms with E-state index in [0.717, 1.165) is 18.8 Å². The number of ether oxygens (including phenoxy) is 1. The van der Waals surface area contributed by atoms with Gasteiger partial charge in [0.25, 0.3) is 0 Å². The first-order valence-electron chi connectivity index (χ1n) is 6.41. The van der Waals surface area contributed by atoms with Crippen LogP contribution in [-0.2, 0) is 13.1 Å². The summed E-state index contributed by atoms with van der Waals surface area (Å²) in [4.78, 5) is 0. The van der Waals surface area contributed by atoms with Gasteiger partial charge < -0.3 is 10.1 Å². The molecule has 0 unspecified atom stereocenters. The van der Waals surface area contributed by atoms with Crippen LogP contribution in [0.3, 0.4) is 0 Å². The molecule has 16 heavy (non-hydrogen) atoms. The molecule has 2 aliphatic rings. The molecular formula is C14H19NO. The van der Waals surface area contributed by atoms with Crippen molar-refractivity contribution >= 4 is 0 Å². The van der Waals surface area contributed by atoms with Crippen molar-refractivity contribution in [2.45, 2.75) is 51.3 Å². The summed E-state index contributed by atoms with van der Waals surface area (Å²) in [5.41, 5.74) is 2.84. The first kappa shape index (κ1) is 10.2. The van der Waals surface area contributed by atoms with E-state index in [1.54, 1.807) is 0 Å². The Morgan fingerprint density at radius 2 is 1.81 bits per heavy atom. The molecule has 3 rings (SSSR count). The second kappa shape index (κ2) is 4.46. The van der Waals surface area contributed by atoms with Crippen LogP contribution in [0.2, 0.25) is 0 Å². The second-order valence-electron chi connectivity index (χ2n) is 4.91. The van der Waals surface area contributed by atoms with E-state index >= 15 is 0 Å². The normalized spacial score (nSPS) is 20.8. The number of fused-ring (bicyclic) bond motifs is 1. The van der Waals surface area contributed by atoms with Crippen LogP contribution in [0.1, 0.15) is 43.2 Å². The molecule has 2 heteroatoms. The second-order valence-corrected chi connectivity index (χ2v) is 4.91. The van der Waals surface area contributed by atoms with Crippen LogP contribution in [0.15, 0.2) is 18.2 Å². The molecule has 1 N–H and O–H groups in total. The highest BCUT2D eigenvalue weighted by Crippen LogP contribution is 2.26. The Bertz CT molecular complexity index is 369. The lowest BCUT2D eigenvalue weighted by Gasteiger charge is -2.23. The molecule has 1 saturated carbocycles. The lowest BCUT2D eigenvalue weighted by molar-refractivity contribution is 0.155. The molecule has 1 aliphatic carbocycles. The van der Waals surface area contributed by atoms with E-state index in [1.807, 2.05) is 0 Å². The minimum absolute atomic E-state index is 0.459. The van der Waals surface area contributed by atoms with Crippen LogP contribution in [0.4, 0.5) is 0 Å². The molecule has 0 radical (unpaired) electrons. The van der Waals surface area contributed by atoms with E-state index in [4.69, 9.17) is 4.74 Å². The lowest BCUT2D eigenvalue weighted by Crippen LogP contribution is -2.19. The van der Waals surface area contributed by atoms with Crippen molar-refractivity contribution in [2.75, 3.05) is 0 Å². The summed E-state index contributed by atoms with van der Waals surface area (Å²) in [5, 5.41) is 3.36. The van der Waals surface area contributed by atoms with Crippen LogP contribution in [0.5, 0.6) is 5.75 Å². The molecule has 0 atom stereocenters. The average Bonchev–Trinajstić information content (AvgIpc) is 2.77. The molecule has 0 spiro atoms. The van der Waals surface area contributed by atoms with Crippen molar-refractivity contribution in [3.8, 4) is 5.75 Å². The maximum Gasteiger partial charge on any atom is 0.120 e. The average molecular weight is 217 g/mol. The summed E-state index contributed by atoms with van der Waals surface area (Å²) < 4.78 is 6.05. The molecule has 1 aromatic carbocycles. The van der Waals surface area contributed by atoms with Gasteiger partial charge in [-0.1, -0.05) is 12.5 Å². The number of hydrogen-bond acceptors (Lipinski definition) is 2. The number of benzene rings is 1. The first-order valence-corrected chi connectivity index (χ1v) is 6.41. The third-order valence-electron chi connectivity index (χ3n) is 3.66. The Labute approximate surface area is 97.0 Å². The molecule has 1 aromatic rings. The summed E-state index contributed by atoms with van der Waals surface area (Å²) in [6.45, 7) is 2.01. The number of nitrogens with one attached hydrogen (secondary N) is 1. The summed E-state index contributed by atoms with van der Waals surface area (Å²) >= 11 is 0. The molecule has 0 aromatic heterocycles. The Balaban J connectivity index is 1.69. The maximum atomic E-state index is 6.05. The van der Waals surface area contributed by atoms with Crippen LogP contribution >= 0.6 is 0 Å². The van der Waals surface area contributed by atoms with Crippen LogP contribution < -0.4 is 10.1 Å².